The number of ketones is 1. The lowest BCUT2D eigenvalue weighted by molar-refractivity contribution is -0.140. The third-order valence-corrected chi connectivity index (χ3v) is 6.14. The summed E-state index contributed by atoms with van der Waals surface area (Å²) >= 11 is 12.3. The maximum absolute atomic E-state index is 13.1. The number of aliphatic hydroxyl groups is 1. The van der Waals surface area contributed by atoms with E-state index in [1.807, 2.05) is 39.8 Å². The molecule has 33 heavy (non-hydrogen) atoms. The van der Waals surface area contributed by atoms with Crippen molar-refractivity contribution >= 4 is 40.7 Å². The Morgan fingerprint density at radius 1 is 1.12 bits per heavy atom. The van der Waals surface area contributed by atoms with E-state index in [2.05, 4.69) is 0 Å². The molecule has 0 unspecified atom stereocenters. The number of carbonyl (C=O) groups excluding carboxylic acids is 2. The molecule has 6 nitrogen and oxygen atoms in total. The number of ether oxygens (including phenoxy) is 1. The van der Waals surface area contributed by atoms with Crippen LogP contribution < -0.4 is 4.74 Å². The molecule has 2 aromatic rings. The van der Waals surface area contributed by atoms with Crippen molar-refractivity contribution in [3.63, 3.8) is 0 Å². The first-order valence-corrected chi connectivity index (χ1v) is 11.4. The van der Waals surface area contributed by atoms with E-state index in [4.69, 9.17) is 27.9 Å². The fraction of sp³-hybridized carbons (Fsp3) is 0.360. The Morgan fingerprint density at radius 3 is 2.39 bits per heavy atom. The van der Waals surface area contributed by atoms with Crippen LogP contribution >= 0.6 is 23.2 Å². The van der Waals surface area contributed by atoms with Crippen LogP contribution in [0.5, 0.6) is 5.75 Å². The standard InChI is InChI=1S/C25H28Cl2N2O4/c1-14(2)33-20-9-7-17(12-15(20)3)23(30)21-22(16-6-8-18(26)19(27)13-16)29(11-10-28(4)5)25(32)24(21)31/h6-9,12-14,22,30H,10-11H2,1-5H3/b23-21+/t22-/m0/s1. The summed E-state index contributed by atoms with van der Waals surface area (Å²) in [5.74, 6) is -0.946. The summed E-state index contributed by atoms with van der Waals surface area (Å²) in [5, 5.41) is 11.9. The first kappa shape index (κ1) is 25.1. The lowest BCUT2D eigenvalue weighted by Crippen LogP contribution is -2.35. The Kier molecular flexibility index (Phi) is 7.73. The highest BCUT2D eigenvalue weighted by atomic mass is 35.5. The number of aryl methyl sites for hydroxylation is 1. The number of carbonyl (C=O) groups is 2. The van der Waals surface area contributed by atoms with Gasteiger partial charge in [0.2, 0.25) is 0 Å². The van der Waals surface area contributed by atoms with E-state index in [0.29, 0.717) is 40.0 Å². The van der Waals surface area contributed by atoms with Gasteiger partial charge in [0.05, 0.1) is 27.8 Å². The van der Waals surface area contributed by atoms with Crippen LogP contribution in [0.3, 0.4) is 0 Å². The summed E-state index contributed by atoms with van der Waals surface area (Å²) in [5.41, 5.74) is 1.86. The first-order valence-electron chi connectivity index (χ1n) is 10.7. The number of aliphatic hydroxyl groups excluding tert-OH is 1. The van der Waals surface area contributed by atoms with Gasteiger partial charge in [-0.05, 0) is 76.3 Å². The van der Waals surface area contributed by atoms with Crippen molar-refractivity contribution in [2.24, 2.45) is 0 Å². The van der Waals surface area contributed by atoms with Crippen LogP contribution in [0.25, 0.3) is 5.76 Å². The minimum absolute atomic E-state index is 0.000165. The number of Topliss-reactive ketones (excluding diaryl/α,β-unsaturated/α-hetero) is 1. The van der Waals surface area contributed by atoms with Crippen LogP contribution in [0.15, 0.2) is 42.0 Å². The molecule has 3 rings (SSSR count). The average molecular weight is 491 g/mol. The molecule has 0 spiro atoms. The fourth-order valence-electron chi connectivity index (χ4n) is 3.79. The van der Waals surface area contributed by atoms with Crippen LogP contribution in [0, 0.1) is 6.92 Å². The Hall–Kier alpha value is -2.54. The normalized spacial score (nSPS) is 18.0. The van der Waals surface area contributed by atoms with E-state index in [1.54, 1.807) is 36.4 Å². The van der Waals surface area contributed by atoms with E-state index in [1.165, 1.54) is 4.90 Å². The summed E-state index contributed by atoms with van der Waals surface area (Å²) in [6.07, 6.45) is -0.000165. The maximum Gasteiger partial charge on any atom is 0.295 e. The van der Waals surface area contributed by atoms with Gasteiger partial charge in [0, 0.05) is 18.7 Å². The molecular weight excluding hydrogens is 463 g/mol. The monoisotopic (exact) mass is 490 g/mol. The van der Waals surface area contributed by atoms with Crippen LogP contribution in [-0.2, 0) is 9.59 Å². The average Bonchev–Trinajstić information content (AvgIpc) is 2.99. The van der Waals surface area contributed by atoms with Crippen molar-refractivity contribution in [2.75, 3.05) is 27.2 Å². The van der Waals surface area contributed by atoms with Gasteiger partial charge in [-0.2, -0.15) is 0 Å². The molecular formula is C25H28Cl2N2O4. The second-order valence-corrected chi connectivity index (χ2v) is 9.43. The van der Waals surface area contributed by atoms with Gasteiger partial charge in [-0.1, -0.05) is 29.3 Å². The number of benzene rings is 2. The molecule has 176 valence electrons. The second kappa shape index (κ2) is 10.2. The second-order valence-electron chi connectivity index (χ2n) is 8.62. The number of rotatable bonds is 7. The number of nitrogens with zero attached hydrogens (tertiary/aromatic N) is 2. The van der Waals surface area contributed by atoms with Crippen molar-refractivity contribution < 1.29 is 19.4 Å². The van der Waals surface area contributed by atoms with Crippen molar-refractivity contribution in [2.45, 2.75) is 32.9 Å². The Bertz CT molecular complexity index is 1110. The van der Waals surface area contributed by atoms with E-state index in [0.717, 1.165) is 5.56 Å². The molecule has 0 aromatic heterocycles. The SMILES string of the molecule is Cc1cc(/C(O)=C2\C(=O)C(=O)N(CCN(C)C)[C@H]2c2ccc(Cl)c(Cl)c2)ccc1OC(C)C. The molecule has 0 saturated carbocycles. The van der Waals surface area contributed by atoms with Gasteiger partial charge in [0.25, 0.3) is 11.7 Å². The number of likely N-dealkylation sites (tertiary alicyclic amines) is 1. The van der Waals surface area contributed by atoms with Gasteiger partial charge in [-0.15, -0.1) is 0 Å². The highest BCUT2D eigenvalue weighted by molar-refractivity contribution is 6.46. The highest BCUT2D eigenvalue weighted by Crippen LogP contribution is 2.41. The summed E-state index contributed by atoms with van der Waals surface area (Å²) in [4.78, 5) is 29.5. The molecule has 1 N–H and O–H groups in total. The first-order chi connectivity index (χ1) is 15.5. The molecule has 0 aliphatic carbocycles. The van der Waals surface area contributed by atoms with Crippen molar-refractivity contribution in [3.05, 3.63) is 68.7 Å². The molecule has 1 saturated heterocycles. The molecule has 1 amide bonds. The molecule has 1 aliphatic heterocycles. The van der Waals surface area contributed by atoms with Gasteiger partial charge in [-0.3, -0.25) is 9.59 Å². The largest absolute Gasteiger partial charge is 0.507 e. The van der Waals surface area contributed by atoms with E-state index >= 15 is 0 Å². The lowest BCUT2D eigenvalue weighted by Gasteiger charge is -2.27. The van der Waals surface area contributed by atoms with E-state index in [9.17, 15) is 14.7 Å². The van der Waals surface area contributed by atoms with Gasteiger partial charge >= 0.3 is 0 Å². The summed E-state index contributed by atoms with van der Waals surface area (Å²) in [6, 6.07) is 9.35. The van der Waals surface area contributed by atoms with Crippen molar-refractivity contribution in [1.82, 2.24) is 9.80 Å². The van der Waals surface area contributed by atoms with Gasteiger partial charge in [-0.25, -0.2) is 0 Å². The minimum atomic E-state index is -0.786. The molecule has 1 heterocycles. The van der Waals surface area contributed by atoms with Crippen molar-refractivity contribution in [3.8, 4) is 5.75 Å². The molecule has 1 aliphatic rings. The minimum Gasteiger partial charge on any atom is -0.507 e. The third-order valence-electron chi connectivity index (χ3n) is 5.40. The number of amides is 1. The summed E-state index contributed by atoms with van der Waals surface area (Å²) in [6.45, 7) is 6.57. The van der Waals surface area contributed by atoms with Gasteiger partial charge in [0.1, 0.15) is 11.5 Å². The molecule has 2 aromatic carbocycles. The number of halogens is 2. The number of likely N-dealkylation sites (N-methyl/N-ethyl adjacent to an activating group) is 1. The summed E-state index contributed by atoms with van der Waals surface area (Å²) in [7, 11) is 3.77. The quantitative estimate of drug-likeness (QED) is 0.333. The lowest BCUT2D eigenvalue weighted by atomic mass is 9.94. The van der Waals surface area contributed by atoms with Gasteiger partial charge in [0.15, 0.2) is 0 Å². The Balaban J connectivity index is 2.14. The summed E-state index contributed by atoms with van der Waals surface area (Å²) < 4.78 is 5.77. The van der Waals surface area contributed by atoms with Gasteiger partial charge < -0.3 is 19.6 Å². The molecule has 0 bridgehead atoms. The molecule has 0 radical (unpaired) electrons. The smallest absolute Gasteiger partial charge is 0.295 e. The van der Waals surface area contributed by atoms with Crippen LogP contribution in [-0.4, -0.2) is 59.9 Å². The zero-order valence-corrected chi connectivity index (χ0v) is 20.9. The molecule has 1 fully saturated rings. The van der Waals surface area contributed by atoms with Crippen LogP contribution in [0.2, 0.25) is 10.0 Å². The molecule has 8 heteroatoms. The maximum atomic E-state index is 13.1. The van der Waals surface area contributed by atoms with Crippen molar-refractivity contribution in [1.29, 1.82) is 0 Å². The zero-order chi connectivity index (χ0) is 24.4. The number of hydrogen-bond acceptors (Lipinski definition) is 5. The Morgan fingerprint density at radius 2 is 1.82 bits per heavy atom. The van der Waals surface area contributed by atoms with E-state index in [-0.39, 0.29) is 17.4 Å². The van der Waals surface area contributed by atoms with E-state index < -0.39 is 17.7 Å². The topological polar surface area (TPSA) is 70.1 Å². The predicted octanol–water partition coefficient (Wildman–Crippen LogP) is 5.07. The highest BCUT2D eigenvalue weighted by Gasteiger charge is 2.46. The van der Waals surface area contributed by atoms with Crippen LogP contribution in [0.4, 0.5) is 0 Å². The predicted molar refractivity (Wildman–Crippen MR) is 131 cm³/mol. The Labute approximate surface area is 204 Å². The van der Waals surface area contributed by atoms with Crippen LogP contribution in [0.1, 0.15) is 36.6 Å². The fourth-order valence-corrected chi connectivity index (χ4v) is 4.09. The molecule has 1 atom stereocenters. The number of hydrogen-bond donors (Lipinski definition) is 1. The zero-order valence-electron chi connectivity index (χ0n) is 19.4. The third kappa shape index (κ3) is 5.35.